The first-order valence-electron chi connectivity index (χ1n) is 2.94. The zero-order valence-electron chi connectivity index (χ0n) is 6.20. The number of rotatable bonds is 4. The van der Waals surface area contributed by atoms with Gasteiger partial charge in [0.2, 0.25) is 5.83 Å². The number of alkyl halides is 4. The molecule has 0 aliphatic carbocycles. The monoisotopic (exact) mass is 204 g/mol. The molecule has 1 unspecified atom stereocenters. The van der Waals surface area contributed by atoms with E-state index in [2.05, 4.69) is 11.3 Å². The fraction of sp³-hybridized carbons (Fsp3) is 0.500. The average molecular weight is 204 g/mol. The van der Waals surface area contributed by atoms with E-state index in [-0.39, 0.29) is 0 Å². The van der Waals surface area contributed by atoms with Gasteiger partial charge in [-0.1, -0.05) is 6.58 Å². The summed E-state index contributed by atoms with van der Waals surface area (Å²) in [6, 6.07) is 0. The van der Waals surface area contributed by atoms with Crippen molar-refractivity contribution in [1.82, 2.24) is 0 Å². The normalized spacial score (nSPS) is 13.6. The van der Waals surface area contributed by atoms with Crippen molar-refractivity contribution in [2.75, 3.05) is 6.67 Å². The maximum atomic E-state index is 12.2. The number of hydrogen-bond acceptors (Lipinski definition) is 2. The summed E-state index contributed by atoms with van der Waals surface area (Å²) in [5, 5.41) is 0. The third-order valence-corrected chi connectivity index (χ3v) is 0.942. The summed E-state index contributed by atoms with van der Waals surface area (Å²) < 4.78 is 62.5. The maximum absolute atomic E-state index is 12.2. The smallest absolute Gasteiger partial charge is 0.369 e. The minimum Gasteiger partial charge on any atom is -0.419 e. The molecule has 0 N–H and O–H groups in total. The summed E-state index contributed by atoms with van der Waals surface area (Å²) in [5.41, 5.74) is 0. The van der Waals surface area contributed by atoms with Crippen molar-refractivity contribution in [2.45, 2.75) is 12.3 Å². The highest BCUT2D eigenvalue weighted by Crippen LogP contribution is 2.23. The van der Waals surface area contributed by atoms with Gasteiger partial charge in [-0.15, -0.1) is 0 Å². The van der Waals surface area contributed by atoms with Crippen molar-refractivity contribution in [3.8, 4) is 0 Å². The lowest BCUT2D eigenvalue weighted by Crippen LogP contribution is -2.36. The molecule has 0 amide bonds. The molecular weight excluding hydrogens is 199 g/mol. The van der Waals surface area contributed by atoms with Gasteiger partial charge in [0, 0.05) is 0 Å². The zero-order chi connectivity index (χ0) is 10.6. The van der Waals surface area contributed by atoms with E-state index >= 15 is 0 Å². The van der Waals surface area contributed by atoms with Gasteiger partial charge >= 0.3 is 18.2 Å². The van der Waals surface area contributed by atoms with E-state index in [1.165, 1.54) is 0 Å². The Morgan fingerprint density at radius 3 is 2.31 bits per heavy atom. The second-order valence-corrected chi connectivity index (χ2v) is 2.02. The molecule has 0 bridgehead atoms. The molecular formula is C6H5F5O2. The van der Waals surface area contributed by atoms with Crippen molar-refractivity contribution in [3.05, 3.63) is 12.4 Å². The van der Waals surface area contributed by atoms with Crippen LogP contribution in [0.1, 0.15) is 0 Å². The summed E-state index contributed by atoms with van der Waals surface area (Å²) in [6.07, 6.45) is -3.52. The Bertz CT molecular complexity index is 215. The molecule has 1 atom stereocenters. The Morgan fingerprint density at radius 1 is 1.54 bits per heavy atom. The summed E-state index contributed by atoms with van der Waals surface area (Å²) in [6.45, 7) is 0.0225. The number of carbonyl (C=O) groups is 1. The highest BCUT2D eigenvalue weighted by molar-refractivity contribution is 5.85. The largest absolute Gasteiger partial charge is 0.419 e. The molecule has 0 aliphatic rings. The van der Waals surface area contributed by atoms with Crippen LogP contribution < -0.4 is 0 Å². The Hall–Kier alpha value is -1.14. The van der Waals surface area contributed by atoms with E-state index in [9.17, 15) is 26.7 Å². The van der Waals surface area contributed by atoms with Crippen LogP contribution >= 0.6 is 0 Å². The van der Waals surface area contributed by atoms with E-state index < -0.39 is 30.8 Å². The van der Waals surface area contributed by atoms with Gasteiger partial charge in [0.15, 0.2) is 6.67 Å². The maximum Gasteiger partial charge on any atom is 0.369 e. The third kappa shape index (κ3) is 3.39. The van der Waals surface area contributed by atoms with Gasteiger partial charge in [-0.3, -0.25) is 0 Å². The highest BCUT2D eigenvalue weighted by atomic mass is 19.3. The topological polar surface area (TPSA) is 26.3 Å². The molecule has 0 rings (SSSR count). The summed E-state index contributed by atoms with van der Waals surface area (Å²) >= 11 is 0. The van der Waals surface area contributed by atoms with E-state index in [0.29, 0.717) is 0 Å². The second kappa shape index (κ2) is 4.20. The molecule has 13 heavy (non-hydrogen) atoms. The van der Waals surface area contributed by atoms with Crippen molar-refractivity contribution in [2.24, 2.45) is 0 Å². The zero-order valence-corrected chi connectivity index (χ0v) is 6.20. The predicted octanol–water partition coefficient (Wildman–Crippen LogP) is 1.91. The number of ether oxygens (including phenoxy) is 1. The average Bonchev–Trinajstić information content (AvgIpc) is 2.04. The molecule has 0 aliphatic heterocycles. The molecule has 0 aromatic rings. The molecule has 0 saturated carbocycles. The minimum atomic E-state index is -4.47. The third-order valence-electron chi connectivity index (χ3n) is 0.942. The van der Waals surface area contributed by atoms with Crippen molar-refractivity contribution < 1.29 is 31.5 Å². The van der Waals surface area contributed by atoms with Gasteiger partial charge in [0.1, 0.15) is 0 Å². The van der Waals surface area contributed by atoms with Crippen LogP contribution in [0.3, 0.4) is 0 Å². The summed E-state index contributed by atoms with van der Waals surface area (Å²) in [5.74, 6) is -8.19. The lowest BCUT2D eigenvalue weighted by atomic mass is 10.4. The van der Waals surface area contributed by atoms with Gasteiger partial charge < -0.3 is 4.74 Å². The molecule has 0 aromatic carbocycles. The summed E-state index contributed by atoms with van der Waals surface area (Å²) in [7, 11) is 0. The van der Waals surface area contributed by atoms with Crippen LogP contribution in [0.2, 0.25) is 0 Å². The molecule has 0 radical (unpaired) electrons. The van der Waals surface area contributed by atoms with E-state index in [4.69, 9.17) is 0 Å². The van der Waals surface area contributed by atoms with Crippen LogP contribution in [0.15, 0.2) is 12.4 Å². The number of hydrogen-bond donors (Lipinski definition) is 0. The van der Waals surface area contributed by atoms with Crippen LogP contribution in [0, 0.1) is 0 Å². The molecule has 0 saturated heterocycles. The fourth-order valence-electron chi connectivity index (χ4n) is 0.305. The van der Waals surface area contributed by atoms with Crippen molar-refractivity contribution in [3.63, 3.8) is 0 Å². The van der Waals surface area contributed by atoms with Crippen LogP contribution in [-0.4, -0.2) is 24.9 Å². The molecule has 76 valence electrons. The number of esters is 1. The van der Waals surface area contributed by atoms with Crippen LogP contribution in [-0.2, 0) is 9.53 Å². The van der Waals surface area contributed by atoms with Gasteiger partial charge in [-0.05, 0) is 0 Å². The highest BCUT2D eigenvalue weighted by Gasteiger charge is 2.43. The van der Waals surface area contributed by atoms with Gasteiger partial charge in [-0.2, -0.15) is 17.6 Å². The molecule has 2 nitrogen and oxygen atoms in total. The Kier molecular flexibility index (Phi) is 3.83. The minimum absolute atomic E-state index is 1.74. The lowest BCUT2D eigenvalue weighted by molar-refractivity contribution is -0.205. The molecule has 0 fully saturated rings. The SMILES string of the molecule is C=C(F)C(=O)OC(F)C(F)(F)CF. The Labute approximate surface area is 70.0 Å². The van der Waals surface area contributed by atoms with Crippen LogP contribution in [0.25, 0.3) is 0 Å². The van der Waals surface area contributed by atoms with Gasteiger partial charge in [0.25, 0.3) is 0 Å². The van der Waals surface area contributed by atoms with Crippen LogP contribution in [0.4, 0.5) is 22.0 Å². The number of halogens is 5. The van der Waals surface area contributed by atoms with Gasteiger partial charge in [0.05, 0.1) is 0 Å². The van der Waals surface area contributed by atoms with Gasteiger partial charge in [-0.25, -0.2) is 9.18 Å². The summed E-state index contributed by atoms with van der Waals surface area (Å²) in [4.78, 5) is 10.1. The Morgan fingerprint density at radius 2 is 2.00 bits per heavy atom. The second-order valence-electron chi connectivity index (χ2n) is 2.02. The van der Waals surface area contributed by atoms with Crippen molar-refractivity contribution >= 4 is 5.97 Å². The first-order valence-corrected chi connectivity index (χ1v) is 2.94. The first-order chi connectivity index (χ1) is 5.81. The standard InChI is InChI=1S/C6H5F5O2/c1-3(8)4(12)13-5(9)6(10,11)2-7/h5H,1-2H2. The molecule has 0 heterocycles. The molecule has 0 spiro atoms. The lowest BCUT2D eigenvalue weighted by Gasteiger charge is -2.16. The predicted molar refractivity (Wildman–Crippen MR) is 32.2 cm³/mol. The van der Waals surface area contributed by atoms with Crippen LogP contribution in [0.5, 0.6) is 0 Å². The quantitative estimate of drug-likeness (QED) is 0.397. The fourth-order valence-corrected chi connectivity index (χ4v) is 0.305. The molecule has 7 heteroatoms. The van der Waals surface area contributed by atoms with Crippen molar-refractivity contribution in [1.29, 1.82) is 0 Å². The Balaban J connectivity index is 4.23. The first kappa shape index (κ1) is 11.9. The molecule has 0 aromatic heterocycles. The van der Waals surface area contributed by atoms with E-state index in [1.807, 2.05) is 0 Å². The number of carbonyl (C=O) groups excluding carboxylic acids is 1. The van der Waals surface area contributed by atoms with E-state index in [1.54, 1.807) is 0 Å². The van der Waals surface area contributed by atoms with E-state index in [0.717, 1.165) is 0 Å².